The molecule has 2 fully saturated rings. The Bertz CT molecular complexity index is 920. The van der Waals surface area contributed by atoms with Crippen molar-refractivity contribution in [2.24, 2.45) is 5.92 Å². The molecule has 3 heteroatoms. The molecule has 2 saturated carbocycles. The Labute approximate surface area is 167 Å². The van der Waals surface area contributed by atoms with Crippen LogP contribution in [-0.4, -0.2) is 14.9 Å². The normalized spacial score (nSPS) is 25.0. The van der Waals surface area contributed by atoms with Gasteiger partial charge in [0.05, 0.1) is 11.4 Å². The van der Waals surface area contributed by atoms with Crippen molar-refractivity contribution in [3.8, 4) is 11.3 Å². The fourth-order valence-corrected chi connectivity index (χ4v) is 4.64. The topological polar surface area (TPSA) is 38.1 Å². The van der Waals surface area contributed by atoms with Gasteiger partial charge < -0.3 is 5.11 Å². The van der Waals surface area contributed by atoms with E-state index >= 15 is 0 Å². The van der Waals surface area contributed by atoms with Gasteiger partial charge in [-0.3, -0.25) is 4.68 Å². The Hall–Kier alpha value is -2.39. The predicted octanol–water partition coefficient (Wildman–Crippen LogP) is 5.51. The Morgan fingerprint density at radius 2 is 1.54 bits per heavy atom. The molecule has 1 aromatic heterocycles. The lowest BCUT2D eigenvalue weighted by Crippen LogP contribution is -2.33. The summed E-state index contributed by atoms with van der Waals surface area (Å²) in [4.78, 5) is 0. The first kappa shape index (κ1) is 17.7. The van der Waals surface area contributed by atoms with Gasteiger partial charge in [-0.2, -0.15) is 5.10 Å². The summed E-state index contributed by atoms with van der Waals surface area (Å²) >= 11 is 0. The van der Waals surface area contributed by atoms with E-state index in [1.165, 1.54) is 18.4 Å². The van der Waals surface area contributed by atoms with Gasteiger partial charge in [0, 0.05) is 12.1 Å². The largest absolute Gasteiger partial charge is 0.384 e. The fraction of sp³-hybridized carbons (Fsp3) is 0.400. The average molecular weight is 373 g/mol. The van der Waals surface area contributed by atoms with Gasteiger partial charge in [-0.15, -0.1) is 0 Å². The van der Waals surface area contributed by atoms with E-state index in [0.717, 1.165) is 55.1 Å². The number of hydrogen-bond donors (Lipinski definition) is 1. The molecule has 5 rings (SSSR count). The molecule has 144 valence electrons. The molecule has 28 heavy (non-hydrogen) atoms. The monoisotopic (exact) mass is 372 g/mol. The van der Waals surface area contributed by atoms with E-state index in [1.807, 2.05) is 6.07 Å². The molecule has 0 radical (unpaired) electrons. The molecule has 0 spiro atoms. The van der Waals surface area contributed by atoms with Crippen LogP contribution in [0.1, 0.15) is 55.7 Å². The molecular weight excluding hydrogens is 344 g/mol. The summed E-state index contributed by atoms with van der Waals surface area (Å²) in [5.41, 5.74) is 3.76. The molecule has 2 aliphatic carbocycles. The van der Waals surface area contributed by atoms with Crippen molar-refractivity contribution in [3.63, 3.8) is 0 Å². The SMILES string of the molecule is OC1(c2cc(-c3ccccc3)nn2CC2CC2)CCC(c2ccccc2)CC1. The van der Waals surface area contributed by atoms with Crippen molar-refractivity contribution in [1.82, 2.24) is 9.78 Å². The van der Waals surface area contributed by atoms with Gasteiger partial charge in [-0.1, -0.05) is 60.7 Å². The fourth-order valence-electron chi connectivity index (χ4n) is 4.64. The van der Waals surface area contributed by atoms with Gasteiger partial charge >= 0.3 is 0 Å². The third-order valence-corrected chi connectivity index (χ3v) is 6.54. The minimum absolute atomic E-state index is 0.551. The van der Waals surface area contributed by atoms with Crippen LogP contribution in [0.4, 0.5) is 0 Å². The van der Waals surface area contributed by atoms with Gasteiger partial charge in [0.15, 0.2) is 0 Å². The number of hydrogen-bond acceptors (Lipinski definition) is 2. The summed E-state index contributed by atoms with van der Waals surface area (Å²) in [5, 5.41) is 16.5. The van der Waals surface area contributed by atoms with Crippen LogP contribution in [0.25, 0.3) is 11.3 Å². The van der Waals surface area contributed by atoms with E-state index < -0.39 is 5.60 Å². The van der Waals surface area contributed by atoms with Gasteiger partial charge in [0.1, 0.15) is 5.60 Å². The first-order chi connectivity index (χ1) is 13.7. The maximum Gasteiger partial charge on any atom is 0.106 e. The Morgan fingerprint density at radius 3 is 2.18 bits per heavy atom. The molecule has 0 unspecified atom stereocenters. The predicted molar refractivity (Wildman–Crippen MR) is 112 cm³/mol. The molecule has 3 aromatic rings. The Morgan fingerprint density at radius 1 is 0.893 bits per heavy atom. The quantitative estimate of drug-likeness (QED) is 0.642. The number of rotatable bonds is 5. The lowest BCUT2D eigenvalue weighted by molar-refractivity contribution is -0.0138. The van der Waals surface area contributed by atoms with Gasteiger partial charge in [0.2, 0.25) is 0 Å². The molecule has 2 aromatic carbocycles. The van der Waals surface area contributed by atoms with Crippen molar-refractivity contribution < 1.29 is 5.11 Å². The minimum atomic E-state index is -0.764. The lowest BCUT2D eigenvalue weighted by atomic mass is 9.74. The maximum absolute atomic E-state index is 11.6. The molecule has 3 nitrogen and oxygen atoms in total. The van der Waals surface area contributed by atoms with Crippen LogP contribution in [0.5, 0.6) is 0 Å². The third-order valence-electron chi connectivity index (χ3n) is 6.54. The van der Waals surface area contributed by atoms with Crippen molar-refractivity contribution in [3.05, 3.63) is 78.0 Å². The van der Waals surface area contributed by atoms with Gasteiger partial charge in [-0.05, 0) is 62.0 Å². The molecule has 2 aliphatic rings. The van der Waals surface area contributed by atoms with Crippen molar-refractivity contribution in [2.45, 2.75) is 56.6 Å². The van der Waals surface area contributed by atoms with Crippen molar-refractivity contribution in [1.29, 1.82) is 0 Å². The first-order valence-corrected chi connectivity index (χ1v) is 10.6. The minimum Gasteiger partial charge on any atom is -0.384 e. The molecule has 0 aliphatic heterocycles. The number of benzene rings is 2. The van der Waals surface area contributed by atoms with Crippen LogP contribution in [0.3, 0.4) is 0 Å². The van der Waals surface area contributed by atoms with Crippen LogP contribution in [0.15, 0.2) is 66.7 Å². The second-order valence-electron chi connectivity index (χ2n) is 8.62. The molecule has 0 bridgehead atoms. The summed E-state index contributed by atoms with van der Waals surface area (Å²) in [6.45, 7) is 0.937. The highest BCUT2D eigenvalue weighted by Crippen LogP contribution is 2.44. The highest BCUT2D eigenvalue weighted by atomic mass is 16.3. The Kier molecular flexibility index (Phi) is 4.56. The van der Waals surface area contributed by atoms with Gasteiger partial charge in [-0.25, -0.2) is 0 Å². The summed E-state index contributed by atoms with van der Waals surface area (Å²) in [7, 11) is 0. The molecule has 0 atom stereocenters. The van der Waals surface area contributed by atoms with E-state index in [0.29, 0.717) is 5.92 Å². The standard InChI is InChI=1S/C25H28N2O/c28-25(15-13-21(14-16-25)20-7-3-1-4-8-20)24-17-23(22-9-5-2-6-10-22)26-27(24)18-19-11-12-19/h1-10,17,19,21,28H,11-16,18H2. The van der Waals surface area contributed by atoms with E-state index in [4.69, 9.17) is 5.10 Å². The lowest BCUT2D eigenvalue weighted by Gasteiger charge is -2.36. The van der Waals surface area contributed by atoms with E-state index in [1.54, 1.807) is 0 Å². The van der Waals surface area contributed by atoms with Crippen molar-refractivity contribution in [2.75, 3.05) is 0 Å². The van der Waals surface area contributed by atoms with E-state index in [-0.39, 0.29) is 0 Å². The Balaban J connectivity index is 1.42. The smallest absolute Gasteiger partial charge is 0.106 e. The molecule has 0 amide bonds. The number of aliphatic hydroxyl groups is 1. The van der Waals surface area contributed by atoms with E-state index in [9.17, 15) is 5.11 Å². The summed E-state index contributed by atoms with van der Waals surface area (Å²) in [6, 6.07) is 23.2. The second kappa shape index (κ2) is 7.21. The van der Waals surface area contributed by atoms with Crippen molar-refractivity contribution >= 4 is 0 Å². The third kappa shape index (κ3) is 3.51. The summed E-state index contributed by atoms with van der Waals surface area (Å²) in [6.07, 6.45) is 6.23. The highest BCUT2D eigenvalue weighted by molar-refractivity contribution is 5.59. The molecule has 1 heterocycles. The molecular formula is C25H28N2O. The number of nitrogens with zero attached hydrogens (tertiary/aromatic N) is 2. The average Bonchev–Trinajstić information content (AvgIpc) is 3.46. The van der Waals surface area contributed by atoms with Crippen LogP contribution < -0.4 is 0 Å². The molecule has 0 saturated heterocycles. The zero-order chi connectivity index (χ0) is 19.0. The summed E-state index contributed by atoms with van der Waals surface area (Å²) in [5.74, 6) is 1.28. The maximum atomic E-state index is 11.6. The second-order valence-corrected chi connectivity index (χ2v) is 8.62. The zero-order valence-corrected chi connectivity index (χ0v) is 16.3. The summed E-state index contributed by atoms with van der Waals surface area (Å²) < 4.78 is 2.11. The first-order valence-electron chi connectivity index (χ1n) is 10.6. The van der Waals surface area contributed by atoms with Crippen LogP contribution in [0, 0.1) is 5.92 Å². The van der Waals surface area contributed by atoms with Crippen LogP contribution in [0.2, 0.25) is 0 Å². The van der Waals surface area contributed by atoms with E-state index in [2.05, 4.69) is 65.3 Å². The highest BCUT2D eigenvalue weighted by Gasteiger charge is 2.39. The van der Waals surface area contributed by atoms with Crippen LogP contribution >= 0.6 is 0 Å². The van der Waals surface area contributed by atoms with Crippen LogP contribution in [-0.2, 0) is 12.1 Å². The van der Waals surface area contributed by atoms with Gasteiger partial charge in [0.25, 0.3) is 0 Å². The molecule has 1 N–H and O–H groups in total. The number of aromatic nitrogens is 2. The zero-order valence-electron chi connectivity index (χ0n) is 16.3.